The number of piperidine rings is 1. The van der Waals surface area contributed by atoms with Gasteiger partial charge in [-0.2, -0.15) is 17.5 Å². The predicted molar refractivity (Wildman–Crippen MR) is 111 cm³/mol. The van der Waals surface area contributed by atoms with Gasteiger partial charge < -0.3 is 5.32 Å². The van der Waals surface area contributed by atoms with Crippen LogP contribution in [0, 0.1) is 5.92 Å². The number of nitrogens with zero attached hydrogens (tertiary/aromatic N) is 1. The van der Waals surface area contributed by atoms with Crippen LogP contribution in [0.4, 0.5) is 13.2 Å². The van der Waals surface area contributed by atoms with E-state index in [9.17, 15) is 26.4 Å². The quantitative estimate of drug-likeness (QED) is 0.653. The van der Waals surface area contributed by atoms with Crippen LogP contribution in [0.5, 0.6) is 0 Å². The standard InChI is InChI=1S/C20H19Cl2F3N2O3S/c21-15-3-1-13(2-4-15)12-26-19(28)14-7-9-27(10-8-14)31(29,30)16-5-6-18(22)17(11-16)20(23,24)25/h1-6,11,14H,7-10,12H2,(H,26,28). The lowest BCUT2D eigenvalue weighted by Gasteiger charge is -2.30. The summed E-state index contributed by atoms with van der Waals surface area (Å²) in [6.45, 7) is 0.385. The molecule has 1 aliphatic rings. The molecule has 168 valence electrons. The fourth-order valence-corrected chi connectivity index (χ4v) is 5.17. The van der Waals surface area contributed by atoms with Crippen molar-refractivity contribution in [3.05, 3.63) is 63.6 Å². The third kappa shape index (κ3) is 5.71. The molecule has 0 aromatic heterocycles. The number of sulfonamides is 1. The minimum Gasteiger partial charge on any atom is -0.352 e. The SMILES string of the molecule is O=C(NCc1ccc(Cl)cc1)C1CCN(S(=O)(=O)c2ccc(Cl)c(C(F)(F)F)c2)CC1. The lowest BCUT2D eigenvalue weighted by Crippen LogP contribution is -2.42. The van der Waals surface area contributed by atoms with Gasteiger partial charge in [0, 0.05) is 30.6 Å². The Labute approximate surface area is 188 Å². The molecule has 0 saturated carbocycles. The molecule has 5 nitrogen and oxygen atoms in total. The Bertz CT molecular complexity index is 1050. The molecule has 0 radical (unpaired) electrons. The Morgan fingerprint density at radius 1 is 1.06 bits per heavy atom. The van der Waals surface area contributed by atoms with E-state index in [0.717, 1.165) is 22.0 Å². The fourth-order valence-electron chi connectivity index (χ4n) is 3.33. The van der Waals surface area contributed by atoms with Gasteiger partial charge in [0.2, 0.25) is 15.9 Å². The molecular weight excluding hydrogens is 476 g/mol. The summed E-state index contributed by atoms with van der Waals surface area (Å²) in [5, 5.41) is 2.84. The number of nitrogens with one attached hydrogen (secondary N) is 1. The molecule has 1 N–H and O–H groups in total. The summed E-state index contributed by atoms with van der Waals surface area (Å²) < 4.78 is 65.9. The van der Waals surface area contributed by atoms with Crippen molar-refractivity contribution >= 4 is 39.1 Å². The van der Waals surface area contributed by atoms with Crippen molar-refractivity contribution in [3.8, 4) is 0 Å². The first-order valence-corrected chi connectivity index (χ1v) is 11.6. The van der Waals surface area contributed by atoms with Crippen LogP contribution >= 0.6 is 23.2 Å². The van der Waals surface area contributed by atoms with E-state index in [1.54, 1.807) is 24.3 Å². The van der Waals surface area contributed by atoms with Crippen LogP contribution in [0.3, 0.4) is 0 Å². The summed E-state index contributed by atoms with van der Waals surface area (Å²) in [7, 11) is -4.14. The van der Waals surface area contributed by atoms with Crippen LogP contribution in [-0.4, -0.2) is 31.7 Å². The van der Waals surface area contributed by atoms with Gasteiger partial charge in [0.1, 0.15) is 0 Å². The van der Waals surface area contributed by atoms with E-state index in [1.807, 2.05) is 0 Å². The Morgan fingerprint density at radius 3 is 2.26 bits per heavy atom. The monoisotopic (exact) mass is 494 g/mol. The van der Waals surface area contributed by atoms with Crippen molar-refractivity contribution in [1.82, 2.24) is 9.62 Å². The number of hydrogen-bond acceptors (Lipinski definition) is 3. The van der Waals surface area contributed by atoms with Crippen LogP contribution in [0.2, 0.25) is 10.0 Å². The van der Waals surface area contributed by atoms with Crippen LogP contribution in [0.15, 0.2) is 47.4 Å². The second kappa shape index (κ2) is 9.36. The topological polar surface area (TPSA) is 66.5 Å². The number of hydrogen-bond donors (Lipinski definition) is 1. The van der Waals surface area contributed by atoms with Gasteiger partial charge in [-0.05, 0) is 48.7 Å². The average Bonchev–Trinajstić information content (AvgIpc) is 2.72. The fraction of sp³-hybridized carbons (Fsp3) is 0.350. The summed E-state index contributed by atoms with van der Waals surface area (Å²) in [5.74, 6) is -0.576. The summed E-state index contributed by atoms with van der Waals surface area (Å²) in [6, 6.07) is 9.54. The molecule has 1 aliphatic heterocycles. The van der Waals surface area contributed by atoms with E-state index >= 15 is 0 Å². The Hall–Kier alpha value is -1.81. The molecule has 1 saturated heterocycles. The zero-order valence-corrected chi connectivity index (χ0v) is 18.5. The van der Waals surface area contributed by atoms with Gasteiger partial charge in [-0.3, -0.25) is 4.79 Å². The number of amides is 1. The zero-order valence-electron chi connectivity index (χ0n) is 16.1. The largest absolute Gasteiger partial charge is 0.417 e. The Kier molecular flexibility index (Phi) is 7.20. The van der Waals surface area contributed by atoms with Crippen LogP contribution in [0.1, 0.15) is 24.0 Å². The first-order valence-electron chi connectivity index (χ1n) is 9.37. The second-order valence-electron chi connectivity index (χ2n) is 7.16. The highest BCUT2D eigenvalue weighted by Gasteiger charge is 2.37. The van der Waals surface area contributed by atoms with E-state index in [-0.39, 0.29) is 37.8 Å². The third-order valence-electron chi connectivity index (χ3n) is 5.09. The maximum atomic E-state index is 13.1. The molecule has 2 aromatic carbocycles. The van der Waals surface area contributed by atoms with Crippen molar-refractivity contribution in [3.63, 3.8) is 0 Å². The highest BCUT2D eigenvalue weighted by Crippen LogP contribution is 2.36. The summed E-state index contributed by atoms with van der Waals surface area (Å²) >= 11 is 11.4. The lowest BCUT2D eigenvalue weighted by atomic mass is 9.97. The first kappa shape index (κ1) is 23.8. The number of halogens is 5. The normalized spacial score (nSPS) is 16.3. The maximum absolute atomic E-state index is 13.1. The Balaban J connectivity index is 1.62. The molecule has 11 heteroatoms. The number of carbonyl (C=O) groups is 1. The highest BCUT2D eigenvalue weighted by molar-refractivity contribution is 7.89. The summed E-state index contributed by atoms with van der Waals surface area (Å²) in [4.78, 5) is 11.9. The van der Waals surface area contributed by atoms with E-state index in [1.165, 1.54) is 0 Å². The zero-order chi connectivity index (χ0) is 22.8. The molecule has 2 aromatic rings. The van der Waals surface area contributed by atoms with E-state index < -0.39 is 31.7 Å². The number of carbonyl (C=O) groups excluding carboxylic acids is 1. The summed E-state index contributed by atoms with van der Waals surface area (Å²) in [5.41, 5.74) is -0.326. The molecule has 0 bridgehead atoms. The van der Waals surface area contributed by atoms with Gasteiger partial charge in [-0.1, -0.05) is 35.3 Å². The third-order valence-corrected chi connectivity index (χ3v) is 7.56. The van der Waals surface area contributed by atoms with Crippen molar-refractivity contribution in [1.29, 1.82) is 0 Å². The maximum Gasteiger partial charge on any atom is 0.417 e. The number of benzene rings is 2. The van der Waals surface area contributed by atoms with Gasteiger partial charge in [0.15, 0.2) is 0 Å². The molecule has 0 unspecified atom stereocenters. The van der Waals surface area contributed by atoms with Crippen molar-refractivity contribution in [2.45, 2.75) is 30.5 Å². The smallest absolute Gasteiger partial charge is 0.352 e. The number of rotatable bonds is 5. The molecule has 1 fully saturated rings. The predicted octanol–water partition coefficient (Wildman–Crippen LogP) is 4.73. The minimum absolute atomic E-state index is 0.0331. The van der Waals surface area contributed by atoms with Crippen molar-refractivity contribution < 1.29 is 26.4 Å². The lowest BCUT2D eigenvalue weighted by molar-refractivity contribution is -0.137. The molecular formula is C20H19Cl2F3N2O3S. The van der Waals surface area contributed by atoms with Crippen LogP contribution in [0.25, 0.3) is 0 Å². The average molecular weight is 495 g/mol. The van der Waals surface area contributed by atoms with Gasteiger partial charge in [0.25, 0.3) is 0 Å². The minimum atomic E-state index is -4.77. The van der Waals surface area contributed by atoms with Gasteiger partial charge >= 0.3 is 6.18 Å². The highest BCUT2D eigenvalue weighted by atomic mass is 35.5. The first-order chi connectivity index (χ1) is 14.5. The number of alkyl halides is 3. The molecule has 3 rings (SSSR count). The molecule has 1 amide bonds. The van der Waals surface area contributed by atoms with E-state index in [2.05, 4.69) is 5.32 Å². The van der Waals surface area contributed by atoms with Crippen LogP contribution < -0.4 is 5.32 Å². The van der Waals surface area contributed by atoms with Crippen LogP contribution in [-0.2, 0) is 27.5 Å². The van der Waals surface area contributed by atoms with E-state index in [0.29, 0.717) is 17.6 Å². The molecule has 0 aliphatic carbocycles. The Morgan fingerprint density at radius 2 is 1.68 bits per heavy atom. The van der Waals surface area contributed by atoms with Gasteiger partial charge in [-0.25, -0.2) is 8.42 Å². The van der Waals surface area contributed by atoms with Gasteiger partial charge in [0.05, 0.1) is 15.5 Å². The van der Waals surface area contributed by atoms with Gasteiger partial charge in [-0.15, -0.1) is 0 Å². The van der Waals surface area contributed by atoms with Crippen molar-refractivity contribution in [2.75, 3.05) is 13.1 Å². The molecule has 1 heterocycles. The molecule has 0 spiro atoms. The second-order valence-corrected chi connectivity index (χ2v) is 9.94. The molecule has 31 heavy (non-hydrogen) atoms. The summed E-state index contributed by atoms with van der Waals surface area (Å²) in [6.07, 6.45) is -4.23. The van der Waals surface area contributed by atoms with E-state index in [4.69, 9.17) is 23.2 Å². The van der Waals surface area contributed by atoms with Crippen molar-refractivity contribution in [2.24, 2.45) is 5.92 Å². The molecule has 0 atom stereocenters.